The molecule has 0 bridgehead atoms. The summed E-state index contributed by atoms with van der Waals surface area (Å²) in [4.78, 5) is 11.9. The fourth-order valence-electron chi connectivity index (χ4n) is 2.21. The van der Waals surface area contributed by atoms with Gasteiger partial charge in [0.15, 0.2) is 0 Å². The van der Waals surface area contributed by atoms with E-state index in [9.17, 15) is 4.79 Å². The molecule has 1 amide bonds. The first kappa shape index (κ1) is 18.3. The number of hydrogen-bond acceptors (Lipinski definition) is 3. The van der Waals surface area contributed by atoms with Crippen LogP contribution >= 0.6 is 11.6 Å². The van der Waals surface area contributed by atoms with Gasteiger partial charge < -0.3 is 15.8 Å². The van der Waals surface area contributed by atoms with E-state index in [4.69, 9.17) is 22.1 Å². The molecule has 2 rings (SSSR count). The number of carbonyl (C=O) groups excluding carboxylic acids is 1. The van der Waals surface area contributed by atoms with Crippen LogP contribution in [0.1, 0.15) is 24.5 Å². The number of amides is 1. The quantitative estimate of drug-likeness (QED) is 0.770. The molecule has 0 heterocycles. The van der Waals surface area contributed by atoms with Crippen molar-refractivity contribution in [2.24, 2.45) is 5.73 Å². The van der Waals surface area contributed by atoms with Crippen LogP contribution in [-0.4, -0.2) is 18.5 Å². The molecule has 4 nitrogen and oxygen atoms in total. The minimum absolute atomic E-state index is 0.0149. The number of ether oxygens (including phenoxy) is 1. The second-order valence-electron chi connectivity index (χ2n) is 5.82. The van der Waals surface area contributed by atoms with Crippen molar-refractivity contribution in [2.45, 2.75) is 32.4 Å². The average Bonchev–Trinajstić information content (AvgIpc) is 2.54. The molecule has 1 unspecified atom stereocenters. The number of carbonyl (C=O) groups is 1. The van der Waals surface area contributed by atoms with Crippen LogP contribution < -0.4 is 15.8 Å². The van der Waals surface area contributed by atoms with E-state index in [2.05, 4.69) is 5.32 Å². The molecule has 128 valence electrons. The maximum absolute atomic E-state index is 11.9. The monoisotopic (exact) mass is 346 g/mol. The number of hydrogen-bond donors (Lipinski definition) is 2. The molecule has 1 atom stereocenters. The largest absolute Gasteiger partial charge is 0.489 e. The third-order valence-electron chi connectivity index (χ3n) is 3.54. The third kappa shape index (κ3) is 6.22. The van der Waals surface area contributed by atoms with Crippen molar-refractivity contribution < 1.29 is 9.53 Å². The van der Waals surface area contributed by atoms with E-state index in [1.54, 1.807) is 0 Å². The van der Waals surface area contributed by atoms with Crippen LogP contribution in [0.25, 0.3) is 0 Å². The van der Waals surface area contributed by atoms with Crippen molar-refractivity contribution in [3.05, 3.63) is 64.7 Å². The van der Waals surface area contributed by atoms with Crippen molar-refractivity contribution in [3.8, 4) is 5.75 Å². The van der Waals surface area contributed by atoms with E-state index in [0.29, 0.717) is 24.6 Å². The zero-order chi connectivity index (χ0) is 17.4. The Hall–Kier alpha value is -2.04. The van der Waals surface area contributed by atoms with Gasteiger partial charge >= 0.3 is 0 Å². The van der Waals surface area contributed by atoms with E-state index >= 15 is 0 Å². The Morgan fingerprint density at radius 2 is 2.04 bits per heavy atom. The highest BCUT2D eigenvalue weighted by Crippen LogP contribution is 2.19. The van der Waals surface area contributed by atoms with Gasteiger partial charge in [0, 0.05) is 23.2 Å². The van der Waals surface area contributed by atoms with Gasteiger partial charge in [0.2, 0.25) is 5.91 Å². The molecule has 5 heteroatoms. The number of rotatable bonds is 8. The summed E-state index contributed by atoms with van der Waals surface area (Å²) in [6.07, 6.45) is 1.09. The molecule has 0 saturated heterocycles. The molecule has 0 aromatic heterocycles. The van der Waals surface area contributed by atoms with Crippen molar-refractivity contribution in [1.82, 2.24) is 5.32 Å². The van der Waals surface area contributed by atoms with Gasteiger partial charge in [0.05, 0.1) is 6.42 Å². The van der Waals surface area contributed by atoms with E-state index < -0.39 is 0 Å². The molecule has 0 aliphatic heterocycles. The van der Waals surface area contributed by atoms with Gasteiger partial charge in [-0.1, -0.05) is 41.9 Å². The van der Waals surface area contributed by atoms with Crippen molar-refractivity contribution in [3.63, 3.8) is 0 Å². The van der Waals surface area contributed by atoms with Gasteiger partial charge in [-0.25, -0.2) is 0 Å². The van der Waals surface area contributed by atoms with Crippen molar-refractivity contribution >= 4 is 17.5 Å². The summed E-state index contributed by atoms with van der Waals surface area (Å²) < 4.78 is 5.78. The van der Waals surface area contributed by atoms with E-state index in [1.165, 1.54) is 0 Å². The normalized spacial score (nSPS) is 11.8. The average molecular weight is 347 g/mol. The lowest BCUT2D eigenvalue weighted by molar-refractivity contribution is -0.120. The molecule has 0 aliphatic carbocycles. The predicted molar refractivity (Wildman–Crippen MR) is 97.2 cm³/mol. The van der Waals surface area contributed by atoms with Crippen LogP contribution in [-0.2, 0) is 17.8 Å². The van der Waals surface area contributed by atoms with Crippen LogP contribution in [0.2, 0.25) is 5.02 Å². The number of nitrogens with two attached hydrogens (primary N) is 1. The second-order valence-corrected chi connectivity index (χ2v) is 6.23. The standard InChI is InChI=1S/C19H23ClN2O2/c1-14(21)9-10-22-19(23)12-15-5-4-7-17(11-15)24-13-16-6-2-3-8-18(16)20/h2-8,11,14H,9-10,12-13,21H2,1H3,(H,22,23). The molecule has 0 fully saturated rings. The first-order valence-corrected chi connectivity index (χ1v) is 8.40. The zero-order valence-electron chi connectivity index (χ0n) is 13.8. The van der Waals surface area contributed by atoms with Gasteiger partial charge in [-0.15, -0.1) is 0 Å². The summed E-state index contributed by atoms with van der Waals surface area (Å²) in [5.74, 6) is 0.703. The maximum Gasteiger partial charge on any atom is 0.224 e. The van der Waals surface area contributed by atoms with Crippen LogP contribution in [0, 0.1) is 0 Å². The zero-order valence-corrected chi connectivity index (χ0v) is 14.6. The number of halogens is 1. The number of nitrogens with one attached hydrogen (secondary N) is 1. The molecule has 0 radical (unpaired) electrons. The SMILES string of the molecule is CC(N)CCNC(=O)Cc1cccc(OCc2ccccc2Cl)c1. The molecule has 0 spiro atoms. The number of benzene rings is 2. The molecule has 3 N–H and O–H groups in total. The Morgan fingerprint density at radius 3 is 2.79 bits per heavy atom. The van der Waals surface area contributed by atoms with Gasteiger partial charge in [-0.05, 0) is 37.1 Å². The molecular weight excluding hydrogens is 324 g/mol. The molecular formula is C19H23ClN2O2. The smallest absolute Gasteiger partial charge is 0.224 e. The third-order valence-corrected chi connectivity index (χ3v) is 3.91. The summed E-state index contributed by atoms with van der Waals surface area (Å²) in [6.45, 7) is 2.91. The highest BCUT2D eigenvalue weighted by molar-refractivity contribution is 6.31. The van der Waals surface area contributed by atoms with E-state index in [0.717, 1.165) is 23.3 Å². The van der Waals surface area contributed by atoms with Crippen LogP contribution in [0.4, 0.5) is 0 Å². The summed E-state index contributed by atoms with van der Waals surface area (Å²) in [5.41, 5.74) is 7.50. The molecule has 24 heavy (non-hydrogen) atoms. The highest BCUT2D eigenvalue weighted by atomic mass is 35.5. The minimum Gasteiger partial charge on any atom is -0.489 e. The topological polar surface area (TPSA) is 64.3 Å². The van der Waals surface area contributed by atoms with Gasteiger partial charge in [-0.3, -0.25) is 4.79 Å². The fraction of sp³-hybridized carbons (Fsp3) is 0.316. The van der Waals surface area contributed by atoms with Crippen molar-refractivity contribution in [1.29, 1.82) is 0 Å². The first-order valence-electron chi connectivity index (χ1n) is 8.02. The lowest BCUT2D eigenvalue weighted by atomic mass is 10.1. The Labute approximate surface area is 148 Å². The summed E-state index contributed by atoms with van der Waals surface area (Å²) in [6, 6.07) is 15.2. The Balaban J connectivity index is 1.87. The lowest BCUT2D eigenvalue weighted by Crippen LogP contribution is -2.29. The molecule has 2 aromatic rings. The van der Waals surface area contributed by atoms with Gasteiger partial charge in [-0.2, -0.15) is 0 Å². The molecule has 2 aromatic carbocycles. The first-order chi connectivity index (χ1) is 11.5. The molecule has 0 saturated carbocycles. The second kappa shape index (κ2) is 9.30. The van der Waals surface area contributed by atoms with Crippen LogP contribution in [0.5, 0.6) is 5.75 Å². The van der Waals surface area contributed by atoms with Gasteiger partial charge in [0.25, 0.3) is 0 Å². The Morgan fingerprint density at radius 1 is 1.25 bits per heavy atom. The van der Waals surface area contributed by atoms with E-state index in [-0.39, 0.29) is 11.9 Å². The predicted octanol–water partition coefficient (Wildman–Crippen LogP) is 3.32. The summed E-state index contributed by atoms with van der Waals surface area (Å²) >= 11 is 6.12. The summed E-state index contributed by atoms with van der Waals surface area (Å²) in [5, 5.41) is 3.55. The van der Waals surface area contributed by atoms with Gasteiger partial charge in [0.1, 0.15) is 12.4 Å². The van der Waals surface area contributed by atoms with Crippen molar-refractivity contribution in [2.75, 3.05) is 6.54 Å². The van der Waals surface area contributed by atoms with Crippen LogP contribution in [0.15, 0.2) is 48.5 Å². The van der Waals surface area contributed by atoms with Crippen LogP contribution in [0.3, 0.4) is 0 Å². The maximum atomic E-state index is 11.9. The lowest BCUT2D eigenvalue weighted by Gasteiger charge is -2.10. The van der Waals surface area contributed by atoms with E-state index in [1.807, 2.05) is 55.5 Å². The molecule has 0 aliphatic rings. The highest BCUT2D eigenvalue weighted by Gasteiger charge is 2.06. The minimum atomic E-state index is -0.0149. The Kier molecular flexibility index (Phi) is 7.09. The fourth-order valence-corrected chi connectivity index (χ4v) is 2.40. The summed E-state index contributed by atoms with van der Waals surface area (Å²) in [7, 11) is 0. The Bertz CT molecular complexity index is 674.